The zero-order valence-corrected chi connectivity index (χ0v) is 19.8. The van der Waals surface area contributed by atoms with E-state index < -0.39 is 24.9 Å². The van der Waals surface area contributed by atoms with Crippen molar-refractivity contribution in [3.63, 3.8) is 0 Å². The van der Waals surface area contributed by atoms with E-state index in [1.165, 1.54) is 7.11 Å². The van der Waals surface area contributed by atoms with Crippen molar-refractivity contribution in [1.82, 2.24) is 34.5 Å². The van der Waals surface area contributed by atoms with Gasteiger partial charge in [0, 0.05) is 24.8 Å². The van der Waals surface area contributed by atoms with Crippen LogP contribution < -0.4 is 10.1 Å². The van der Waals surface area contributed by atoms with Gasteiger partial charge in [0.1, 0.15) is 23.7 Å². The van der Waals surface area contributed by atoms with Crippen molar-refractivity contribution in [2.45, 2.75) is 37.4 Å². The molecule has 6 rings (SSSR count). The summed E-state index contributed by atoms with van der Waals surface area (Å²) in [6.07, 6.45) is -3.23. The van der Waals surface area contributed by atoms with Crippen LogP contribution >= 0.6 is 0 Å². The lowest BCUT2D eigenvalue weighted by Crippen LogP contribution is -2.57. The molecule has 1 N–H and O–H groups in total. The van der Waals surface area contributed by atoms with E-state index in [1.54, 1.807) is 35.0 Å². The maximum absolute atomic E-state index is 14.9. The highest BCUT2D eigenvalue weighted by Crippen LogP contribution is 2.33. The molecule has 2 saturated heterocycles. The highest BCUT2D eigenvalue weighted by atomic mass is 19.4. The number of nitrogens with zero attached hydrogens (tertiary/aromatic N) is 7. The van der Waals surface area contributed by atoms with Gasteiger partial charge in [-0.1, -0.05) is 11.3 Å². The molecule has 1 aromatic carbocycles. The number of halogens is 4. The van der Waals surface area contributed by atoms with E-state index in [0.717, 1.165) is 11.2 Å². The van der Waals surface area contributed by atoms with E-state index in [9.17, 15) is 17.6 Å². The molecule has 0 amide bonds. The summed E-state index contributed by atoms with van der Waals surface area (Å²) in [6, 6.07) is 6.56. The van der Waals surface area contributed by atoms with Crippen molar-refractivity contribution in [3.05, 3.63) is 30.5 Å². The third-order valence-corrected chi connectivity index (χ3v) is 6.85. The number of anilines is 1. The van der Waals surface area contributed by atoms with E-state index >= 15 is 0 Å². The second-order valence-corrected chi connectivity index (χ2v) is 9.27. The quantitative estimate of drug-likeness (QED) is 0.388. The molecule has 196 valence electrons. The summed E-state index contributed by atoms with van der Waals surface area (Å²) in [7, 11) is 1.46. The van der Waals surface area contributed by atoms with Crippen molar-refractivity contribution in [1.29, 1.82) is 0 Å². The smallest absolute Gasteiger partial charge is 0.408 e. The zero-order valence-electron chi connectivity index (χ0n) is 19.8. The summed E-state index contributed by atoms with van der Waals surface area (Å²) in [5, 5.41) is 15.1. The van der Waals surface area contributed by atoms with Gasteiger partial charge < -0.3 is 14.8 Å². The summed E-state index contributed by atoms with van der Waals surface area (Å²) in [6.45, 7) is 1.12. The molecule has 0 radical (unpaired) electrons. The number of hydrogen-bond acceptors (Lipinski definition) is 8. The first-order valence-electron chi connectivity index (χ1n) is 11.9. The predicted molar refractivity (Wildman–Crippen MR) is 125 cm³/mol. The monoisotopic (exact) mass is 520 g/mol. The Hall–Kier alpha value is -3.52. The number of aromatic nitrogens is 6. The Labute approximate surface area is 208 Å². The molecular weight excluding hydrogens is 496 g/mol. The number of alkyl halides is 4. The molecule has 2 atom stereocenters. The molecule has 0 aliphatic carbocycles. The second kappa shape index (κ2) is 9.10. The maximum Gasteiger partial charge on any atom is 0.408 e. The molecular formula is C23H24F4N8O2. The lowest BCUT2D eigenvalue weighted by molar-refractivity contribution is -0.142. The highest BCUT2D eigenvalue weighted by molar-refractivity contribution is 5.89. The third kappa shape index (κ3) is 4.55. The number of likely N-dealkylation sites (tertiary alicyclic amines) is 1. The molecule has 0 bridgehead atoms. The minimum absolute atomic E-state index is 0.225. The Bertz CT molecular complexity index is 1430. The summed E-state index contributed by atoms with van der Waals surface area (Å²) in [4.78, 5) is 6.58. The number of rotatable bonds is 6. The van der Waals surface area contributed by atoms with Crippen molar-refractivity contribution in [2.24, 2.45) is 0 Å². The van der Waals surface area contributed by atoms with Gasteiger partial charge in [-0.3, -0.25) is 4.90 Å². The Morgan fingerprint density at radius 3 is 2.76 bits per heavy atom. The minimum atomic E-state index is -4.43. The number of methoxy groups -OCH3 is 1. The van der Waals surface area contributed by atoms with Gasteiger partial charge in [0.05, 0.1) is 37.9 Å². The summed E-state index contributed by atoms with van der Waals surface area (Å²) < 4.78 is 67.0. The summed E-state index contributed by atoms with van der Waals surface area (Å²) in [5.74, 6) is 0.474. The predicted octanol–water partition coefficient (Wildman–Crippen LogP) is 2.94. The molecule has 0 spiro atoms. The first-order valence-corrected chi connectivity index (χ1v) is 11.9. The largest absolute Gasteiger partial charge is 0.479 e. The van der Waals surface area contributed by atoms with Crippen LogP contribution in [-0.2, 0) is 11.3 Å². The molecule has 14 heteroatoms. The normalized spacial score (nSPS) is 21.4. The van der Waals surface area contributed by atoms with Gasteiger partial charge in [-0.15, -0.1) is 10.2 Å². The zero-order chi connectivity index (χ0) is 25.7. The maximum atomic E-state index is 14.9. The van der Waals surface area contributed by atoms with Crippen LogP contribution in [0.3, 0.4) is 0 Å². The van der Waals surface area contributed by atoms with Gasteiger partial charge in [-0.25, -0.2) is 13.6 Å². The van der Waals surface area contributed by atoms with Gasteiger partial charge in [0.25, 0.3) is 0 Å². The molecule has 0 saturated carbocycles. The molecule has 37 heavy (non-hydrogen) atoms. The van der Waals surface area contributed by atoms with Gasteiger partial charge in [0.15, 0.2) is 0 Å². The van der Waals surface area contributed by atoms with Gasteiger partial charge in [-0.2, -0.15) is 18.2 Å². The van der Waals surface area contributed by atoms with E-state index in [0.29, 0.717) is 48.3 Å². The van der Waals surface area contributed by atoms with E-state index in [4.69, 9.17) is 9.47 Å². The molecule has 2 aliphatic rings. The first-order chi connectivity index (χ1) is 17.8. The molecule has 2 aliphatic heterocycles. The summed E-state index contributed by atoms with van der Waals surface area (Å²) >= 11 is 0. The van der Waals surface area contributed by atoms with Crippen LogP contribution in [0, 0.1) is 0 Å². The molecule has 10 nitrogen and oxygen atoms in total. The Balaban J connectivity index is 1.28. The number of ether oxygens (including phenoxy) is 2. The average Bonchev–Trinajstić information content (AvgIpc) is 3.42. The molecule has 5 heterocycles. The lowest BCUT2D eigenvalue weighted by Gasteiger charge is -2.42. The van der Waals surface area contributed by atoms with Crippen LogP contribution in [0.5, 0.6) is 5.88 Å². The summed E-state index contributed by atoms with van der Waals surface area (Å²) in [5.41, 5.74) is 2.41. The molecule has 3 aromatic heterocycles. The molecule has 2 fully saturated rings. The van der Waals surface area contributed by atoms with Crippen LogP contribution in [-0.4, -0.2) is 92.3 Å². The van der Waals surface area contributed by atoms with Crippen LogP contribution in [0.4, 0.5) is 23.5 Å². The van der Waals surface area contributed by atoms with Crippen molar-refractivity contribution < 1.29 is 27.0 Å². The number of hydrogen-bond donors (Lipinski definition) is 1. The van der Waals surface area contributed by atoms with Gasteiger partial charge in [-0.05, 0) is 30.2 Å². The number of piperidine rings is 1. The van der Waals surface area contributed by atoms with E-state index in [2.05, 4.69) is 30.6 Å². The minimum Gasteiger partial charge on any atom is -0.479 e. The van der Waals surface area contributed by atoms with Crippen LogP contribution in [0.2, 0.25) is 0 Å². The van der Waals surface area contributed by atoms with E-state index in [-0.39, 0.29) is 23.4 Å². The standard InChI is InChI=1S/C23H24F4N8O2/c1-36-21-20-15(13-2-3-18-19(8-13)35(32-30-18)12-23(25,26)27)4-7-34(20)31-22(29-21)28-17-5-6-33(9-16(17)24)14-10-37-11-14/h2-4,7-8,14,16-17H,5-6,9-12H2,1H3,(H,28,31)/t16-,17-/m0/s1. The number of benzene rings is 1. The fourth-order valence-electron chi connectivity index (χ4n) is 4.87. The topological polar surface area (TPSA) is 94.6 Å². The molecule has 0 unspecified atom stereocenters. The fourth-order valence-corrected chi connectivity index (χ4v) is 4.87. The first kappa shape index (κ1) is 23.9. The van der Waals surface area contributed by atoms with Crippen molar-refractivity contribution in [2.75, 3.05) is 38.7 Å². The SMILES string of the molecule is COc1nc(N[C@H]2CCN(C3COC3)C[C@@H]2F)nn2ccc(-c3ccc4nnn(CC(F)(F)F)c4c3)c12. The Morgan fingerprint density at radius 1 is 1.22 bits per heavy atom. The lowest BCUT2D eigenvalue weighted by atomic mass is 10.0. The second-order valence-electron chi connectivity index (χ2n) is 9.27. The third-order valence-electron chi connectivity index (χ3n) is 6.85. The van der Waals surface area contributed by atoms with Crippen molar-refractivity contribution in [3.8, 4) is 17.0 Å². The highest BCUT2D eigenvalue weighted by Gasteiger charge is 2.36. The number of nitrogens with one attached hydrogen (secondary N) is 1. The number of fused-ring (bicyclic) bond motifs is 2. The van der Waals surface area contributed by atoms with Gasteiger partial charge in [0.2, 0.25) is 11.8 Å². The van der Waals surface area contributed by atoms with Crippen LogP contribution in [0.15, 0.2) is 30.5 Å². The van der Waals surface area contributed by atoms with Crippen molar-refractivity contribution >= 4 is 22.5 Å². The Kier molecular flexibility index (Phi) is 5.87. The fraction of sp³-hybridized carbons (Fsp3) is 0.478. The molecule has 4 aromatic rings. The van der Waals surface area contributed by atoms with Crippen LogP contribution in [0.1, 0.15) is 6.42 Å². The average molecular weight is 520 g/mol. The van der Waals surface area contributed by atoms with Gasteiger partial charge >= 0.3 is 6.18 Å². The Morgan fingerprint density at radius 2 is 2.05 bits per heavy atom. The van der Waals surface area contributed by atoms with E-state index in [1.807, 2.05) is 0 Å². The van der Waals surface area contributed by atoms with Crippen LogP contribution in [0.25, 0.3) is 27.7 Å².